The fourth-order valence-corrected chi connectivity index (χ4v) is 2.44. The summed E-state index contributed by atoms with van der Waals surface area (Å²) in [4.78, 5) is 13.8. The van der Waals surface area contributed by atoms with Crippen LogP contribution in [0, 0.1) is 5.82 Å². The molecule has 19 heavy (non-hydrogen) atoms. The van der Waals surface area contributed by atoms with Crippen molar-refractivity contribution in [2.24, 2.45) is 5.84 Å². The average molecular weight is 279 g/mol. The molecule has 3 N–H and O–H groups in total. The van der Waals surface area contributed by atoms with Crippen LogP contribution in [0.25, 0.3) is 0 Å². The minimum Gasteiger partial charge on any atom is -0.337 e. The molecule has 0 saturated heterocycles. The first-order valence-corrected chi connectivity index (χ1v) is 6.59. The van der Waals surface area contributed by atoms with E-state index in [-0.39, 0.29) is 17.2 Å². The second-order valence-corrected chi connectivity index (χ2v) is 4.88. The Balaban J connectivity index is 2.22. The molecule has 0 aliphatic heterocycles. The maximum atomic E-state index is 13.5. The topological polar surface area (TPSA) is 58.4 Å². The van der Waals surface area contributed by atoms with Crippen molar-refractivity contribution in [3.05, 3.63) is 52.0 Å². The van der Waals surface area contributed by atoms with E-state index in [4.69, 9.17) is 5.84 Å². The Kier molecular flexibility index (Phi) is 4.13. The van der Waals surface area contributed by atoms with Gasteiger partial charge in [-0.2, -0.15) is 11.3 Å². The third-order valence-electron chi connectivity index (χ3n) is 2.73. The zero-order valence-corrected chi connectivity index (χ0v) is 11.2. The Morgan fingerprint density at radius 1 is 1.47 bits per heavy atom. The number of benzene rings is 1. The number of nitrogen functional groups attached to an aromatic ring is 1. The van der Waals surface area contributed by atoms with Gasteiger partial charge >= 0.3 is 0 Å². The normalized spacial score (nSPS) is 10.3. The quantitative estimate of drug-likeness (QED) is 0.667. The third-order valence-corrected chi connectivity index (χ3v) is 3.47. The highest BCUT2D eigenvalue weighted by molar-refractivity contribution is 7.07. The van der Waals surface area contributed by atoms with E-state index >= 15 is 0 Å². The number of nitrogens with zero attached hydrogens (tertiary/aromatic N) is 1. The molecule has 2 aromatic rings. The van der Waals surface area contributed by atoms with Gasteiger partial charge < -0.3 is 10.3 Å². The number of anilines is 1. The largest absolute Gasteiger partial charge is 0.337 e. The summed E-state index contributed by atoms with van der Waals surface area (Å²) in [5.74, 6) is 4.44. The molecule has 0 aliphatic carbocycles. The molecule has 1 amide bonds. The molecule has 0 unspecified atom stereocenters. The summed E-state index contributed by atoms with van der Waals surface area (Å²) in [6.07, 6.45) is 0. The van der Waals surface area contributed by atoms with E-state index < -0.39 is 5.82 Å². The molecule has 0 bridgehead atoms. The SMILES string of the molecule is CN(Cc1ccsc1)C(=O)c1cccc(F)c1NN. The van der Waals surface area contributed by atoms with Crippen LogP contribution in [0.5, 0.6) is 0 Å². The Bertz CT molecular complexity index is 571. The number of carbonyl (C=O) groups is 1. The second kappa shape index (κ2) is 5.81. The van der Waals surface area contributed by atoms with Gasteiger partial charge in [0.2, 0.25) is 0 Å². The van der Waals surface area contributed by atoms with E-state index in [0.717, 1.165) is 5.56 Å². The fourth-order valence-electron chi connectivity index (χ4n) is 1.78. The van der Waals surface area contributed by atoms with Gasteiger partial charge in [-0.25, -0.2) is 4.39 Å². The first kappa shape index (κ1) is 13.5. The minimum atomic E-state index is -0.544. The number of rotatable bonds is 4. The lowest BCUT2D eigenvalue weighted by Crippen LogP contribution is -2.27. The molecular formula is C13H14FN3OS. The van der Waals surface area contributed by atoms with Crippen LogP contribution in [-0.2, 0) is 6.54 Å². The van der Waals surface area contributed by atoms with E-state index in [9.17, 15) is 9.18 Å². The molecule has 0 fully saturated rings. The molecule has 1 heterocycles. The minimum absolute atomic E-state index is 0.0182. The maximum absolute atomic E-state index is 13.5. The van der Waals surface area contributed by atoms with E-state index in [1.54, 1.807) is 24.5 Å². The number of para-hydroxylation sites is 1. The van der Waals surface area contributed by atoms with Crippen LogP contribution in [0.3, 0.4) is 0 Å². The lowest BCUT2D eigenvalue weighted by molar-refractivity contribution is 0.0785. The molecule has 1 aromatic carbocycles. The predicted molar refractivity (Wildman–Crippen MR) is 74.3 cm³/mol. The highest BCUT2D eigenvalue weighted by atomic mass is 32.1. The van der Waals surface area contributed by atoms with Crippen molar-refractivity contribution < 1.29 is 9.18 Å². The van der Waals surface area contributed by atoms with Gasteiger partial charge in [-0.3, -0.25) is 10.6 Å². The van der Waals surface area contributed by atoms with E-state index in [2.05, 4.69) is 5.43 Å². The zero-order valence-electron chi connectivity index (χ0n) is 10.4. The molecule has 0 radical (unpaired) electrons. The first-order valence-electron chi connectivity index (χ1n) is 5.65. The van der Waals surface area contributed by atoms with Crippen molar-refractivity contribution in [2.45, 2.75) is 6.54 Å². The summed E-state index contributed by atoms with van der Waals surface area (Å²) >= 11 is 1.57. The standard InChI is InChI=1S/C13H14FN3OS/c1-17(7-9-5-6-19-8-9)13(18)10-3-2-4-11(14)12(10)16-15/h2-6,8,16H,7,15H2,1H3. The summed E-state index contributed by atoms with van der Waals surface area (Å²) < 4.78 is 13.5. The van der Waals surface area contributed by atoms with Gasteiger partial charge in [0.25, 0.3) is 5.91 Å². The van der Waals surface area contributed by atoms with Crippen LogP contribution in [0.2, 0.25) is 0 Å². The molecule has 4 nitrogen and oxygen atoms in total. The molecule has 0 atom stereocenters. The number of hydrazine groups is 1. The van der Waals surface area contributed by atoms with E-state index in [1.807, 2.05) is 16.8 Å². The van der Waals surface area contributed by atoms with E-state index in [0.29, 0.717) is 6.54 Å². The fraction of sp³-hybridized carbons (Fsp3) is 0.154. The van der Waals surface area contributed by atoms with Gasteiger partial charge in [0.05, 0.1) is 11.3 Å². The number of halogens is 1. The van der Waals surface area contributed by atoms with Gasteiger partial charge in [-0.15, -0.1) is 0 Å². The highest BCUT2D eigenvalue weighted by Gasteiger charge is 2.18. The van der Waals surface area contributed by atoms with Crippen LogP contribution in [0.4, 0.5) is 10.1 Å². The Hall–Kier alpha value is -1.92. The van der Waals surface area contributed by atoms with Crippen molar-refractivity contribution in [1.82, 2.24) is 4.90 Å². The van der Waals surface area contributed by atoms with Crippen LogP contribution < -0.4 is 11.3 Å². The number of hydrogen-bond acceptors (Lipinski definition) is 4. The lowest BCUT2D eigenvalue weighted by Gasteiger charge is -2.18. The molecule has 100 valence electrons. The van der Waals surface area contributed by atoms with E-state index in [1.165, 1.54) is 17.0 Å². The highest BCUT2D eigenvalue weighted by Crippen LogP contribution is 2.21. The van der Waals surface area contributed by atoms with Gasteiger partial charge in [0.15, 0.2) is 0 Å². The van der Waals surface area contributed by atoms with Crippen LogP contribution in [-0.4, -0.2) is 17.9 Å². The smallest absolute Gasteiger partial charge is 0.256 e. The van der Waals surface area contributed by atoms with Crippen molar-refractivity contribution in [1.29, 1.82) is 0 Å². The summed E-state index contributed by atoms with van der Waals surface area (Å²) in [6, 6.07) is 6.24. The lowest BCUT2D eigenvalue weighted by atomic mass is 10.1. The molecule has 1 aromatic heterocycles. The number of hydrogen-bond donors (Lipinski definition) is 2. The first-order chi connectivity index (χ1) is 9.13. The monoisotopic (exact) mass is 279 g/mol. The molecule has 0 saturated carbocycles. The molecule has 6 heteroatoms. The summed E-state index contributed by atoms with van der Waals surface area (Å²) in [5, 5.41) is 3.92. The predicted octanol–water partition coefficient (Wildman–Crippen LogP) is 2.44. The van der Waals surface area contributed by atoms with Gasteiger partial charge in [-0.05, 0) is 34.5 Å². The number of amides is 1. The number of nitrogens with one attached hydrogen (secondary N) is 1. The Morgan fingerprint density at radius 2 is 2.26 bits per heavy atom. The average Bonchev–Trinajstić information content (AvgIpc) is 2.90. The Morgan fingerprint density at radius 3 is 2.89 bits per heavy atom. The summed E-state index contributed by atoms with van der Waals surface area (Å²) in [5.41, 5.74) is 3.52. The second-order valence-electron chi connectivity index (χ2n) is 4.10. The van der Waals surface area contributed by atoms with Crippen molar-refractivity contribution in [2.75, 3.05) is 12.5 Å². The van der Waals surface area contributed by atoms with Crippen molar-refractivity contribution in [3.63, 3.8) is 0 Å². The number of thiophene rings is 1. The number of nitrogens with two attached hydrogens (primary N) is 1. The summed E-state index contributed by atoms with van der Waals surface area (Å²) in [6.45, 7) is 0.475. The molecule has 0 spiro atoms. The van der Waals surface area contributed by atoms with Crippen molar-refractivity contribution >= 4 is 22.9 Å². The van der Waals surface area contributed by atoms with Crippen LogP contribution in [0.15, 0.2) is 35.0 Å². The number of carbonyl (C=O) groups excluding carboxylic acids is 1. The van der Waals surface area contributed by atoms with Crippen LogP contribution in [0.1, 0.15) is 15.9 Å². The van der Waals surface area contributed by atoms with Crippen LogP contribution >= 0.6 is 11.3 Å². The third kappa shape index (κ3) is 2.91. The molecule has 2 rings (SSSR count). The maximum Gasteiger partial charge on any atom is 0.256 e. The van der Waals surface area contributed by atoms with Gasteiger partial charge in [0, 0.05) is 13.6 Å². The molecule has 0 aliphatic rings. The van der Waals surface area contributed by atoms with Crippen molar-refractivity contribution in [3.8, 4) is 0 Å². The van der Waals surface area contributed by atoms with Gasteiger partial charge in [0.1, 0.15) is 5.82 Å². The van der Waals surface area contributed by atoms with Gasteiger partial charge in [-0.1, -0.05) is 6.07 Å². The summed E-state index contributed by atoms with van der Waals surface area (Å²) in [7, 11) is 1.67. The Labute approximate surface area is 114 Å². The zero-order chi connectivity index (χ0) is 13.8. The molecular weight excluding hydrogens is 265 g/mol.